The Morgan fingerprint density at radius 2 is 1.61 bits per heavy atom. The summed E-state index contributed by atoms with van der Waals surface area (Å²) in [5.74, 6) is 0.233. The van der Waals surface area contributed by atoms with E-state index < -0.39 is 9.84 Å². The van der Waals surface area contributed by atoms with Crippen molar-refractivity contribution in [2.75, 3.05) is 29.5 Å². The highest BCUT2D eigenvalue weighted by atomic mass is 32.2. The molecular formula is C17H24N2O3S. The lowest BCUT2D eigenvalue weighted by Gasteiger charge is -2.29. The molecule has 1 N–H and O–H groups in total. The van der Waals surface area contributed by atoms with Crippen molar-refractivity contribution in [1.29, 1.82) is 0 Å². The van der Waals surface area contributed by atoms with Gasteiger partial charge in [0.15, 0.2) is 0 Å². The second-order valence-corrected chi connectivity index (χ2v) is 8.80. The lowest BCUT2D eigenvalue weighted by molar-refractivity contribution is 0.0934. The van der Waals surface area contributed by atoms with Crippen LogP contribution in [0.3, 0.4) is 0 Å². The summed E-state index contributed by atoms with van der Waals surface area (Å²) in [5, 5.41) is 2.95. The molecule has 0 aromatic heterocycles. The van der Waals surface area contributed by atoms with Crippen LogP contribution in [0.4, 0.5) is 5.69 Å². The maximum Gasteiger partial charge on any atom is 0.251 e. The fourth-order valence-corrected chi connectivity index (χ4v) is 4.77. The quantitative estimate of drug-likeness (QED) is 0.917. The zero-order valence-electron chi connectivity index (χ0n) is 13.3. The Hall–Kier alpha value is -1.56. The van der Waals surface area contributed by atoms with Crippen LogP contribution in [-0.2, 0) is 9.84 Å². The zero-order valence-corrected chi connectivity index (χ0v) is 14.1. The van der Waals surface area contributed by atoms with Gasteiger partial charge in [-0.25, -0.2) is 8.42 Å². The van der Waals surface area contributed by atoms with E-state index in [2.05, 4.69) is 10.2 Å². The Balaban J connectivity index is 1.57. The van der Waals surface area contributed by atoms with Gasteiger partial charge in [-0.2, -0.15) is 0 Å². The number of nitrogens with zero attached hydrogens (tertiary/aromatic N) is 1. The molecule has 0 bridgehead atoms. The molecule has 126 valence electrons. The molecule has 1 amide bonds. The van der Waals surface area contributed by atoms with Crippen molar-refractivity contribution in [1.82, 2.24) is 5.32 Å². The van der Waals surface area contributed by atoms with Gasteiger partial charge >= 0.3 is 0 Å². The molecular weight excluding hydrogens is 312 g/mol. The Morgan fingerprint density at radius 1 is 1.00 bits per heavy atom. The first-order valence-corrected chi connectivity index (χ1v) is 10.2. The van der Waals surface area contributed by atoms with Crippen LogP contribution in [0.5, 0.6) is 0 Å². The molecule has 3 rings (SSSR count). The van der Waals surface area contributed by atoms with Crippen LogP contribution in [0.25, 0.3) is 0 Å². The summed E-state index contributed by atoms with van der Waals surface area (Å²) < 4.78 is 22.8. The van der Waals surface area contributed by atoms with Crippen molar-refractivity contribution in [3.63, 3.8) is 0 Å². The van der Waals surface area contributed by atoms with E-state index >= 15 is 0 Å². The maximum absolute atomic E-state index is 12.3. The van der Waals surface area contributed by atoms with Crippen molar-refractivity contribution in [3.05, 3.63) is 29.8 Å². The molecule has 2 heterocycles. The average Bonchev–Trinajstić information content (AvgIpc) is 2.58. The molecule has 5 nitrogen and oxygen atoms in total. The van der Waals surface area contributed by atoms with Crippen molar-refractivity contribution in [2.45, 2.75) is 38.1 Å². The monoisotopic (exact) mass is 336 g/mol. The van der Waals surface area contributed by atoms with Gasteiger partial charge in [0.1, 0.15) is 9.84 Å². The molecule has 2 saturated heterocycles. The molecule has 2 fully saturated rings. The van der Waals surface area contributed by atoms with Gasteiger partial charge in [-0.1, -0.05) is 0 Å². The van der Waals surface area contributed by atoms with E-state index in [0.29, 0.717) is 18.4 Å². The molecule has 0 saturated carbocycles. The number of carbonyl (C=O) groups excluding carboxylic acids is 1. The van der Waals surface area contributed by atoms with Gasteiger partial charge in [0, 0.05) is 30.4 Å². The first-order chi connectivity index (χ1) is 11.0. The molecule has 0 atom stereocenters. The normalized spacial score (nSPS) is 21.8. The van der Waals surface area contributed by atoms with Crippen LogP contribution in [0.2, 0.25) is 0 Å². The minimum Gasteiger partial charge on any atom is -0.372 e. The van der Waals surface area contributed by atoms with E-state index in [9.17, 15) is 13.2 Å². The van der Waals surface area contributed by atoms with Crippen molar-refractivity contribution >= 4 is 21.4 Å². The largest absolute Gasteiger partial charge is 0.372 e. The minimum atomic E-state index is -2.89. The van der Waals surface area contributed by atoms with Crippen molar-refractivity contribution in [3.8, 4) is 0 Å². The molecule has 1 aromatic rings. The van der Waals surface area contributed by atoms with E-state index in [-0.39, 0.29) is 23.5 Å². The lowest BCUT2D eigenvalue weighted by Crippen LogP contribution is -2.40. The number of carbonyl (C=O) groups is 1. The molecule has 1 aromatic carbocycles. The minimum absolute atomic E-state index is 0.0344. The predicted molar refractivity (Wildman–Crippen MR) is 91.6 cm³/mol. The van der Waals surface area contributed by atoms with Crippen LogP contribution >= 0.6 is 0 Å². The van der Waals surface area contributed by atoms with Crippen LogP contribution in [-0.4, -0.2) is 45.0 Å². The number of sulfone groups is 1. The van der Waals surface area contributed by atoms with Gasteiger partial charge in [0.25, 0.3) is 5.91 Å². The molecule has 0 unspecified atom stereocenters. The summed E-state index contributed by atoms with van der Waals surface area (Å²) in [4.78, 5) is 14.6. The first-order valence-electron chi connectivity index (χ1n) is 8.40. The van der Waals surface area contributed by atoms with Gasteiger partial charge in [0.05, 0.1) is 11.5 Å². The number of anilines is 1. The summed E-state index contributed by atoms with van der Waals surface area (Å²) in [6, 6.07) is 7.70. The summed E-state index contributed by atoms with van der Waals surface area (Å²) >= 11 is 0. The highest BCUT2D eigenvalue weighted by molar-refractivity contribution is 7.91. The second-order valence-electron chi connectivity index (χ2n) is 6.49. The van der Waals surface area contributed by atoms with Crippen LogP contribution < -0.4 is 10.2 Å². The van der Waals surface area contributed by atoms with Crippen molar-refractivity contribution in [2.24, 2.45) is 0 Å². The van der Waals surface area contributed by atoms with Crippen LogP contribution in [0.1, 0.15) is 42.5 Å². The molecule has 6 heteroatoms. The number of piperidine rings is 1. The third-order valence-electron chi connectivity index (χ3n) is 4.74. The number of hydrogen-bond donors (Lipinski definition) is 1. The molecule has 0 radical (unpaired) electrons. The molecule has 0 aliphatic carbocycles. The second kappa shape index (κ2) is 6.91. The highest BCUT2D eigenvalue weighted by Crippen LogP contribution is 2.20. The van der Waals surface area contributed by atoms with Crippen LogP contribution in [0.15, 0.2) is 24.3 Å². The molecule has 2 aliphatic rings. The van der Waals surface area contributed by atoms with E-state index in [4.69, 9.17) is 0 Å². The van der Waals surface area contributed by atoms with Gasteiger partial charge in [-0.05, 0) is 56.4 Å². The Kier molecular flexibility index (Phi) is 4.90. The lowest BCUT2D eigenvalue weighted by atomic mass is 10.1. The number of hydrogen-bond acceptors (Lipinski definition) is 4. The maximum atomic E-state index is 12.3. The third-order valence-corrected chi connectivity index (χ3v) is 6.46. The predicted octanol–water partition coefficient (Wildman–Crippen LogP) is 1.98. The Labute approximate surface area is 138 Å². The average molecular weight is 336 g/mol. The van der Waals surface area contributed by atoms with Crippen molar-refractivity contribution < 1.29 is 13.2 Å². The fraction of sp³-hybridized carbons (Fsp3) is 0.588. The number of nitrogens with one attached hydrogen (secondary N) is 1. The standard InChI is InChI=1S/C17H24N2O3S/c20-17(18-15-8-12-23(21,22)13-9-15)14-4-6-16(7-5-14)19-10-2-1-3-11-19/h4-7,15H,1-3,8-13H2,(H,18,20). The summed E-state index contributed by atoms with van der Waals surface area (Å²) in [7, 11) is -2.89. The smallest absolute Gasteiger partial charge is 0.251 e. The van der Waals surface area contributed by atoms with Gasteiger partial charge in [-0.3, -0.25) is 4.79 Å². The fourth-order valence-electron chi connectivity index (χ4n) is 3.28. The molecule has 23 heavy (non-hydrogen) atoms. The topological polar surface area (TPSA) is 66.5 Å². The number of amides is 1. The zero-order chi connectivity index (χ0) is 16.3. The summed E-state index contributed by atoms with van der Waals surface area (Å²) in [5.41, 5.74) is 1.81. The third kappa shape index (κ3) is 4.25. The van der Waals surface area contributed by atoms with Crippen LogP contribution in [0, 0.1) is 0 Å². The molecule has 0 spiro atoms. The highest BCUT2D eigenvalue weighted by Gasteiger charge is 2.25. The number of rotatable bonds is 3. The van der Waals surface area contributed by atoms with Gasteiger partial charge < -0.3 is 10.2 Å². The summed E-state index contributed by atoms with van der Waals surface area (Å²) in [6.07, 6.45) is 4.79. The van der Waals surface area contributed by atoms with E-state index in [1.807, 2.05) is 24.3 Å². The van der Waals surface area contributed by atoms with Gasteiger partial charge in [-0.15, -0.1) is 0 Å². The van der Waals surface area contributed by atoms with E-state index in [1.165, 1.54) is 24.9 Å². The van der Waals surface area contributed by atoms with E-state index in [1.54, 1.807) is 0 Å². The number of benzene rings is 1. The van der Waals surface area contributed by atoms with E-state index in [0.717, 1.165) is 13.1 Å². The molecule has 2 aliphatic heterocycles. The first kappa shape index (κ1) is 16.3. The van der Waals surface area contributed by atoms with Gasteiger partial charge in [0.2, 0.25) is 0 Å². The SMILES string of the molecule is O=C(NC1CCS(=O)(=O)CC1)c1ccc(N2CCCCC2)cc1. The Bertz CT molecular complexity index is 635. The summed E-state index contributed by atoms with van der Waals surface area (Å²) in [6.45, 7) is 2.17. The Morgan fingerprint density at radius 3 is 2.22 bits per heavy atom.